The summed E-state index contributed by atoms with van der Waals surface area (Å²) >= 11 is 0. The number of aryl methyl sites for hydroxylation is 1. The molecule has 7 nitrogen and oxygen atoms in total. The molecule has 2 aromatic rings. The van der Waals surface area contributed by atoms with E-state index in [4.69, 9.17) is 14.2 Å². The largest absolute Gasteiger partial charge is 0.490 e. The van der Waals surface area contributed by atoms with Crippen molar-refractivity contribution in [2.24, 2.45) is 0 Å². The second kappa shape index (κ2) is 12.0. The minimum atomic E-state index is -0.272. The van der Waals surface area contributed by atoms with Crippen LogP contribution in [0.3, 0.4) is 0 Å². The van der Waals surface area contributed by atoms with E-state index in [9.17, 15) is 9.59 Å². The van der Waals surface area contributed by atoms with Crippen LogP contribution < -0.4 is 19.5 Å². The van der Waals surface area contributed by atoms with Crippen LogP contribution in [-0.2, 0) is 16.1 Å². The van der Waals surface area contributed by atoms with Gasteiger partial charge in [0.25, 0.3) is 5.91 Å². The van der Waals surface area contributed by atoms with Crippen LogP contribution in [0.1, 0.15) is 37.3 Å². The molecule has 172 valence electrons. The van der Waals surface area contributed by atoms with Crippen LogP contribution in [0.15, 0.2) is 42.5 Å². The van der Waals surface area contributed by atoms with Crippen LogP contribution in [0.5, 0.6) is 17.2 Å². The average Bonchev–Trinajstić information content (AvgIpc) is 2.80. The molecule has 0 saturated carbocycles. The second-order valence-corrected chi connectivity index (χ2v) is 7.74. The van der Waals surface area contributed by atoms with Gasteiger partial charge in [-0.3, -0.25) is 9.59 Å². The number of rotatable bonds is 5. The van der Waals surface area contributed by atoms with Gasteiger partial charge < -0.3 is 24.4 Å². The summed E-state index contributed by atoms with van der Waals surface area (Å²) in [5.41, 5.74) is 1.75. The highest BCUT2D eigenvalue weighted by Gasteiger charge is 2.22. The van der Waals surface area contributed by atoms with Gasteiger partial charge in [-0.15, -0.1) is 0 Å². The Balaban J connectivity index is 1.83. The Morgan fingerprint density at radius 1 is 1.03 bits per heavy atom. The van der Waals surface area contributed by atoms with Gasteiger partial charge in [0.15, 0.2) is 18.1 Å². The maximum absolute atomic E-state index is 13.1. The Morgan fingerprint density at radius 3 is 2.66 bits per heavy atom. The molecule has 1 N–H and O–H groups in total. The summed E-state index contributed by atoms with van der Waals surface area (Å²) in [6, 6.07) is 13.2. The van der Waals surface area contributed by atoms with Gasteiger partial charge >= 0.3 is 0 Å². The number of carbonyl (C=O) groups is 2. The molecule has 2 amide bonds. The normalized spacial score (nSPS) is 15.2. The number of fused-ring (bicyclic) bond motifs is 1. The summed E-state index contributed by atoms with van der Waals surface area (Å²) in [5, 5.41) is 2.91. The number of hydrogen-bond donors (Lipinski definition) is 1. The third-order valence-electron chi connectivity index (χ3n) is 5.24. The Kier molecular flexibility index (Phi) is 8.78. The predicted octanol–water partition coefficient (Wildman–Crippen LogP) is 3.48. The van der Waals surface area contributed by atoms with E-state index >= 15 is 0 Å². The highest BCUT2D eigenvalue weighted by atomic mass is 16.5. The highest BCUT2D eigenvalue weighted by Crippen LogP contribution is 2.33. The number of para-hydroxylation sites is 2. The Morgan fingerprint density at radius 2 is 1.84 bits per heavy atom. The first-order valence-electron chi connectivity index (χ1n) is 11.2. The molecule has 1 heterocycles. The monoisotopic (exact) mass is 440 g/mol. The van der Waals surface area contributed by atoms with E-state index in [0.29, 0.717) is 37.0 Å². The van der Waals surface area contributed by atoms with E-state index in [0.717, 1.165) is 30.4 Å². The van der Waals surface area contributed by atoms with E-state index in [1.165, 1.54) is 4.90 Å². The molecule has 7 heteroatoms. The summed E-state index contributed by atoms with van der Waals surface area (Å²) in [4.78, 5) is 27.1. The zero-order valence-electron chi connectivity index (χ0n) is 18.9. The Hall–Kier alpha value is -3.22. The standard InChI is InChI=1S/C25H32N2O5/c1-3-30-22-13-9-11-20-16-27(24(29)18-32-21-12-6-5-10-19(21)2)17-23(28)26-14-7-4-8-15-31-25(20)22/h5-6,9-13H,3-4,7-8,14-18H2,1-2H3,(H,26,28). The van der Waals surface area contributed by atoms with Crippen molar-refractivity contribution in [3.8, 4) is 17.2 Å². The first-order chi connectivity index (χ1) is 15.6. The molecule has 1 aliphatic heterocycles. The van der Waals surface area contributed by atoms with Crippen molar-refractivity contribution < 1.29 is 23.8 Å². The van der Waals surface area contributed by atoms with Crippen molar-refractivity contribution in [2.45, 2.75) is 39.7 Å². The molecule has 0 fully saturated rings. The molecule has 0 unspecified atom stereocenters. The number of carbonyl (C=O) groups excluding carboxylic acids is 2. The molecule has 0 atom stereocenters. The van der Waals surface area contributed by atoms with E-state index in [-0.39, 0.29) is 31.5 Å². The van der Waals surface area contributed by atoms with Crippen LogP contribution in [0.4, 0.5) is 0 Å². The number of ether oxygens (including phenoxy) is 3. The van der Waals surface area contributed by atoms with Crippen LogP contribution in [0, 0.1) is 6.92 Å². The molecule has 1 aliphatic rings. The summed E-state index contributed by atoms with van der Waals surface area (Å²) in [7, 11) is 0. The molecule has 0 aliphatic carbocycles. The van der Waals surface area contributed by atoms with Crippen molar-refractivity contribution in [3.05, 3.63) is 53.6 Å². The van der Waals surface area contributed by atoms with Gasteiger partial charge in [-0.05, 0) is 50.8 Å². The molecule has 0 bridgehead atoms. The molecule has 32 heavy (non-hydrogen) atoms. The maximum Gasteiger partial charge on any atom is 0.261 e. The molecular weight excluding hydrogens is 408 g/mol. The lowest BCUT2D eigenvalue weighted by Crippen LogP contribution is -2.42. The van der Waals surface area contributed by atoms with Gasteiger partial charge in [0.2, 0.25) is 5.91 Å². The van der Waals surface area contributed by atoms with Gasteiger partial charge in [0.1, 0.15) is 5.75 Å². The SMILES string of the molecule is CCOc1cccc2c1OCCCCCNC(=O)CN(C(=O)COc1ccccc1C)C2. The maximum atomic E-state index is 13.1. The quantitative estimate of drug-likeness (QED) is 0.770. The summed E-state index contributed by atoms with van der Waals surface area (Å²) < 4.78 is 17.6. The number of benzene rings is 2. The van der Waals surface area contributed by atoms with Gasteiger partial charge in [0, 0.05) is 12.1 Å². The lowest BCUT2D eigenvalue weighted by atomic mass is 10.1. The fraction of sp³-hybridized carbons (Fsp3) is 0.440. The van der Waals surface area contributed by atoms with Crippen LogP contribution in [0.2, 0.25) is 0 Å². The van der Waals surface area contributed by atoms with Crippen molar-refractivity contribution in [1.29, 1.82) is 0 Å². The average molecular weight is 441 g/mol. The van der Waals surface area contributed by atoms with Crippen LogP contribution >= 0.6 is 0 Å². The summed E-state index contributed by atoms with van der Waals surface area (Å²) in [6.45, 7) is 5.51. The minimum absolute atomic E-state index is 0.0474. The topological polar surface area (TPSA) is 77.1 Å². The van der Waals surface area contributed by atoms with Crippen molar-refractivity contribution in [2.75, 3.05) is 32.9 Å². The molecule has 0 aromatic heterocycles. The number of nitrogens with zero attached hydrogens (tertiary/aromatic N) is 1. The number of nitrogens with one attached hydrogen (secondary N) is 1. The van der Waals surface area contributed by atoms with E-state index in [2.05, 4.69) is 5.32 Å². The predicted molar refractivity (Wildman–Crippen MR) is 122 cm³/mol. The van der Waals surface area contributed by atoms with E-state index in [1.54, 1.807) is 0 Å². The molecule has 2 aromatic carbocycles. The van der Waals surface area contributed by atoms with Crippen LogP contribution in [-0.4, -0.2) is 49.6 Å². The van der Waals surface area contributed by atoms with Gasteiger partial charge in [-0.25, -0.2) is 0 Å². The number of amides is 2. The zero-order valence-corrected chi connectivity index (χ0v) is 18.9. The van der Waals surface area contributed by atoms with E-state index in [1.807, 2.05) is 56.3 Å². The molecule has 0 saturated heterocycles. The minimum Gasteiger partial charge on any atom is -0.490 e. The highest BCUT2D eigenvalue weighted by molar-refractivity contribution is 5.85. The summed E-state index contributed by atoms with van der Waals surface area (Å²) in [5.74, 6) is 1.47. The molecule has 0 spiro atoms. The van der Waals surface area contributed by atoms with Gasteiger partial charge in [-0.1, -0.05) is 30.3 Å². The lowest BCUT2D eigenvalue weighted by Gasteiger charge is -2.24. The Bertz CT molecular complexity index is 915. The van der Waals surface area contributed by atoms with Crippen molar-refractivity contribution in [3.63, 3.8) is 0 Å². The lowest BCUT2D eigenvalue weighted by molar-refractivity contribution is -0.138. The first-order valence-corrected chi connectivity index (χ1v) is 11.2. The fourth-order valence-electron chi connectivity index (χ4n) is 3.54. The van der Waals surface area contributed by atoms with Crippen molar-refractivity contribution >= 4 is 11.8 Å². The van der Waals surface area contributed by atoms with Gasteiger partial charge in [-0.2, -0.15) is 0 Å². The third-order valence-corrected chi connectivity index (χ3v) is 5.24. The number of hydrogen-bond acceptors (Lipinski definition) is 5. The molecular formula is C25H32N2O5. The fourth-order valence-corrected chi connectivity index (χ4v) is 3.54. The van der Waals surface area contributed by atoms with Gasteiger partial charge in [0.05, 0.1) is 26.3 Å². The second-order valence-electron chi connectivity index (χ2n) is 7.74. The third kappa shape index (κ3) is 6.64. The molecule has 3 rings (SSSR count). The van der Waals surface area contributed by atoms with E-state index < -0.39 is 0 Å². The molecule has 0 radical (unpaired) electrons. The van der Waals surface area contributed by atoms with Crippen LogP contribution in [0.25, 0.3) is 0 Å². The zero-order chi connectivity index (χ0) is 22.8. The Labute approximate surface area is 189 Å². The van der Waals surface area contributed by atoms with Crippen molar-refractivity contribution in [1.82, 2.24) is 10.2 Å². The first kappa shape index (κ1) is 23.4. The smallest absolute Gasteiger partial charge is 0.261 e. The summed E-state index contributed by atoms with van der Waals surface area (Å²) in [6.07, 6.45) is 2.68.